The standard InChI is InChI=1S/C12H25NO2/c1-10(11-6-4-3-5-7-11)13-8-12(14)9-15-2/h10-14H,3-9H2,1-2H3. The van der Waals surface area contributed by atoms with E-state index in [2.05, 4.69) is 12.2 Å². The van der Waals surface area contributed by atoms with Crippen molar-refractivity contribution in [3.8, 4) is 0 Å². The average molecular weight is 215 g/mol. The second kappa shape index (κ2) is 7.20. The maximum atomic E-state index is 9.51. The van der Waals surface area contributed by atoms with Gasteiger partial charge >= 0.3 is 0 Å². The van der Waals surface area contributed by atoms with Crippen molar-refractivity contribution < 1.29 is 9.84 Å². The van der Waals surface area contributed by atoms with E-state index < -0.39 is 0 Å². The van der Waals surface area contributed by atoms with Crippen LogP contribution in [0, 0.1) is 5.92 Å². The van der Waals surface area contributed by atoms with Crippen molar-refractivity contribution in [2.75, 3.05) is 20.3 Å². The molecule has 2 N–H and O–H groups in total. The lowest BCUT2D eigenvalue weighted by atomic mass is 9.84. The summed E-state index contributed by atoms with van der Waals surface area (Å²) in [5.74, 6) is 0.800. The zero-order chi connectivity index (χ0) is 11.1. The maximum absolute atomic E-state index is 9.51. The summed E-state index contributed by atoms with van der Waals surface area (Å²) in [5.41, 5.74) is 0. The van der Waals surface area contributed by atoms with Crippen LogP contribution in [0.4, 0.5) is 0 Å². The van der Waals surface area contributed by atoms with Crippen LogP contribution in [0.5, 0.6) is 0 Å². The fraction of sp³-hybridized carbons (Fsp3) is 1.00. The molecule has 0 aromatic carbocycles. The van der Waals surface area contributed by atoms with Gasteiger partial charge in [-0.2, -0.15) is 0 Å². The lowest BCUT2D eigenvalue weighted by Gasteiger charge is -2.29. The number of ether oxygens (including phenoxy) is 1. The lowest BCUT2D eigenvalue weighted by molar-refractivity contribution is 0.0609. The van der Waals surface area contributed by atoms with E-state index in [9.17, 15) is 5.11 Å². The molecule has 2 unspecified atom stereocenters. The Morgan fingerprint density at radius 3 is 2.60 bits per heavy atom. The molecule has 1 aliphatic rings. The van der Waals surface area contributed by atoms with E-state index in [-0.39, 0.29) is 6.10 Å². The highest BCUT2D eigenvalue weighted by Crippen LogP contribution is 2.26. The van der Waals surface area contributed by atoms with Crippen molar-refractivity contribution in [1.82, 2.24) is 5.32 Å². The second-order valence-corrected chi connectivity index (χ2v) is 4.70. The Bertz CT molecular complexity index is 158. The lowest BCUT2D eigenvalue weighted by Crippen LogP contribution is -2.40. The van der Waals surface area contributed by atoms with Gasteiger partial charge in [0, 0.05) is 19.7 Å². The minimum absolute atomic E-state index is 0.374. The molecule has 3 heteroatoms. The van der Waals surface area contributed by atoms with Crippen LogP contribution in [-0.4, -0.2) is 37.5 Å². The quantitative estimate of drug-likeness (QED) is 0.706. The molecular formula is C12H25NO2. The van der Waals surface area contributed by atoms with Crippen LogP contribution >= 0.6 is 0 Å². The molecule has 0 aromatic rings. The van der Waals surface area contributed by atoms with Crippen LogP contribution in [-0.2, 0) is 4.74 Å². The van der Waals surface area contributed by atoms with Crippen LogP contribution in [0.1, 0.15) is 39.0 Å². The number of hydrogen-bond donors (Lipinski definition) is 2. The Kier molecular flexibility index (Phi) is 6.22. The molecule has 1 aliphatic carbocycles. The van der Waals surface area contributed by atoms with Gasteiger partial charge in [-0.05, 0) is 25.7 Å². The largest absolute Gasteiger partial charge is 0.389 e. The van der Waals surface area contributed by atoms with E-state index in [0.29, 0.717) is 19.2 Å². The van der Waals surface area contributed by atoms with Crippen molar-refractivity contribution in [2.24, 2.45) is 5.92 Å². The van der Waals surface area contributed by atoms with Gasteiger partial charge in [0.25, 0.3) is 0 Å². The summed E-state index contributed by atoms with van der Waals surface area (Å²) >= 11 is 0. The van der Waals surface area contributed by atoms with E-state index in [4.69, 9.17) is 4.74 Å². The molecule has 90 valence electrons. The SMILES string of the molecule is COCC(O)CNC(C)C1CCCCC1. The zero-order valence-electron chi connectivity index (χ0n) is 10.0. The van der Waals surface area contributed by atoms with Gasteiger partial charge in [0.05, 0.1) is 12.7 Å². The molecule has 2 atom stereocenters. The molecule has 15 heavy (non-hydrogen) atoms. The van der Waals surface area contributed by atoms with Crippen LogP contribution in [0.2, 0.25) is 0 Å². The van der Waals surface area contributed by atoms with Crippen LogP contribution in [0.3, 0.4) is 0 Å². The van der Waals surface area contributed by atoms with Gasteiger partial charge in [0.1, 0.15) is 0 Å². The molecule has 0 amide bonds. The van der Waals surface area contributed by atoms with Crippen LogP contribution in [0.15, 0.2) is 0 Å². The predicted octanol–water partition coefficient (Wildman–Crippen LogP) is 1.55. The monoisotopic (exact) mass is 215 g/mol. The molecule has 0 bridgehead atoms. The molecule has 0 heterocycles. The van der Waals surface area contributed by atoms with E-state index >= 15 is 0 Å². The summed E-state index contributed by atoms with van der Waals surface area (Å²) in [6.07, 6.45) is 6.45. The highest BCUT2D eigenvalue weighted by atomic mass is 16.5. The Hall–Kier alpha value is -0.120. The molecule has 0 aliphatic heterocycles. The smallest absolute Gasteiger partial charge is 0.0897 e. The fourth-order valence-electron chi connectivity index (χ4n) is 2.37. The topological polar surface area (TPSA) is 41.5 Å². The zero-order valence-corrected chi connectivity index (χ0v) is 10.0. The summed E-state index contributed by atoms with van der Waals surface area (Å²) in [7, 11) is 1.62. The van der Waals surface area contributed by atoms with E-state index in [1.165, 1.54) is 32.1 Å². The highest BCUT2D eigenvalue weighted by Gasteiger charge is 2.19. The Balaban J connectivity index is 2.13. The van der Waals surface area contributed by atoms with Crippen LogP contribution in [0.25, 0.3) is 0 Å². The number of methoxy groups -OCH3 is 1. The van der Waals surface area contributed by atoms with Crippen molar-refractivity contribution in [3.63, 3.8) is 0 Å². The van der Waals surface area contributed by atoms with E-state index in [1.54, 1.807) is 7.11 Å². The third-order valence-corrected chi connectivity index (χ3v) is 3.39. The maximum Gasteiger partial charge on any atom is 0.0897 e. The first-order valence-corrected chi connectivity index (χ1v) is 6.14. The number of hydrogen-bond acceptors (Lipinski definition) is 3. The first-order chi connectivity index (χ1) is 7.24. The number of nitrogens with one attached hydrogen (secondary N) is 1. The predicted molar refractivity (Wildman–Crippen MR) is 61.9 cm³/mol. The highest BCUT2D eigenvalue weighted by molar-refractivity contribution is 4.76. The summed E-state index contributed by atoms with van der Waals surface area (Å²) in [6, 6.07) is 0.525. The Labute approximate surface area is 93.2 Å². The second-order valence-electron chi connectivity index (χ2n) is 4.70. The van der Waals surface area contributed by atoms with Gasteiger partial charge in [0.2, 0.25) is 0 Å². The van der Waals surface area contributed by atoms with Crippen molar-refractivity contribution >= 4 is 0 Å². The molecular weight excluding hydrogens is 190 g/mol. The molecule has 1 fully saturated rings. The first-order valence-electron chi connectivity index (χ1n) is 6.14. The number of aliphatic hydroxyl groups is 1. The van der Waals surface area contributed by atoms with Gasteiger partial charge in [-0.1, -0.05) is 19.3 Å². The van der Waals surface area contributed by atoms with E-state index in [1.807, 2.05) is 0 Å². The third kappa shape index (κ3) is 4.96. The summed E-state index contributed by atoms with van der Waals surface area (Å²) < 4.78 is 4.89. The summed E-state index contributed by atoms with van der Waals surface area (Å²) in [5, 5.41) is 12.9. The van der Waals surface area contributed by atoms with Crippen molar-refractivity contribution in [1.29, 1.82) is 0 Å². The third-order valence-electron chi connectivity index (χ3n) is 3.39. The van der Waals surface area contributed by atoms with Gasteiger partial charge in [-0.3, -0.25) is 0 Å². The fourth-order valence-corrected chi connectivity index (χ4v) is 2.37. The van der Waals surface area contributed by atoms with Crippen molar-refractivity contribution in [3.05, 3.63) is 0 Å². The van der Waals surface area contributed by atoms with Gasteiger partial charge in [0.15, 0.2) is 0 Å². The number of rotatable bonds is 6. The molecule has 0 aromatic heterocycles. The first kappa shape index (κ1) is 12.9. The minimum Gasteiger partial charge on any atom is -0.389 e. The summed E-state index contributed by atoms with van der Waals surface area (Å²) in [6.45, 7) is 3.30. The molecule has 1 saturated carbocycles. The Morgan fingerprint density at radius 2 is 2.00 bits per heavy atom. The van der Waals surface area contributed by atoms with Gasteiger partial charge in [-0.15, -0.1) is 0 Å². The average Bonchev–Trinajstić information content (AvgIpc) is 2.27. The minimum atomic E-state index is -0.374. The molecule has 3 nitrogen and oxygen atoms in total. The van der Waals surface area contributed by atoms with Gasteiger partial charge in [-0.25, -0.2) is 0 Å². The number of aliphatic hydroxyl groups excluding tert-OH is 1. The van der Waals surface area contributed by atoms with Crippen molar-refractivity contribution in [2.45, 2.75) is 51.2 Å². The van der Waals surface area contributed by atoms with Crippen LogP contribution < -0.4 is 5.32 Å². The molecule has 0 saturated heterocycles. The van der Waals surface area contributed by atoms with E-state index in [0.717, 1.165) is 5.92 Å². The molecule has 0 radical (unpaired) electrons. The molecule has 0 spiro atoms. The molecule has 1 rings (SSSR count). The Morgan fingerprint density at radius 1 is 1.33 bits per heavy atom. The normalized spacial score (nSPS) is 22.6. The summed E-state index contributed by atoms with van der Waals surface area (Å²) in [4.78, 5) is 0. The van der Waals surface area contributed by atoms with Gasteiger partial charge < -0.3 is 15.2 Å².